The van der Waals surface area contributed by atoms with Crippen LogP contribution in [0.25, 0.3) is 6.08 Å². The molecule has 0 bridgehead atoms. The lowest BCUT2D eigenvalue weighted by Crippen LogP contribution is -2.40. The minimum Gasteiger partial charge on any atom is -0.395 e. The monoisotopic (exact) mass is 275 g/mol. The van der Waals surface area contributed by atoms with Crippen molar-refractivity contribution in [1.29, 1.82) is 0 Å². The van der Waals surface area contributed by atoms with Gasteiger partial charge in [0, 0.05) is 18.7 Å². The van der Waals surface area contributed by atoms with Gasteiger partial charge in [-0.15, -0.1) is 0 Å². The number of hydrogen-bond acceptors (Lipinski definition) is 2. The van der Waals surface area contributed by atoms with Crippen molar-refractivity contribution >= 4 is 12.0 Å². The highest BCUT2D eigenvalue weighted by Crippen LogP contribution is 2.12. The number of aryl methyl sites for hydroxylation is 1. The van der Waals surface area contributed by atoms with Gasteiger partial charge >= 0.3 is 0 Å². The smallest absolute Gasteiger partial charge is 0.246 e. The van der Waals surface area contributed by atoms with Crippen molar-refractivity contribution in [2.24, 2.45) is 0 Å². The standard InChI is InChI=1S/C17H25NO2/c1-4-16(5-2)18(12-13-19)17(20)11-10-15-9-7-6-8-14(15)3/h6-11,16,19H,4-5,12-13H2,1-3H3. The van der Waals surface area contributed by atoms with E-state index in [1.807, 2.05) is 37.3 Å². The Morgan fingerprint density at radius 2 is 1.95 bits per heavy atom. The molecule has 3 nitrogen and oxygen atoms in total. The van der Waals surface area contributed by atoms with Gasteiger partial charge in [-0.25, -0.2) is 0 Å². The highest BCUT2D eigenvalue weighted by molar-refractivity contribution is 5.92. The number of benzene rings is 1. The molecule has 1 amide bonds. The predicted molar refractivity (Wildman–Crippen MR) is 83.4 cm³/mol. The first kappa shape index (κ1) is 16.4. The molecule has 0 unspecified atom stereocenters. The summed E-state index contributed by atoms with van der Waals surface area (Å²) < 4.78 is 0. The number of carbonyl (C=O) groups excluding carboxylic acids is 1. The van der Waals surface area contributed by atoms with E-state index < -0.39 is 0 Å². The largest absolute Gasteiger partial charge is 0.395 e. The minimum absolute atomic E-state index is 0.000441. The second kappa shape index (κ2) is 8.54. The van der Waals surface area contributed by atoms with Gasteiger partial charge in [-0.2, -0.15) is 0 Å². The molecule has 0 aliphatic heterocycles. The lowest BCUT2D eigenvalue weighted by molar-refractivity contribution is -0.128. The fraction of sp³-hybridized carbons (Fsp3) is 0.471. The van der Waals surface area contributed by atoms with E-state index >= 15 is 0 Å². The molecule has 3 heteroatoms. The topological polar surface area (TPSA) is 40.5 Å². The number of aliphatic hydroxyl groups is 1. The van der Waals surface area contributed by atoms with Gasteiger partial charge < -0.3 is 10.0 Å². The molecule has 20 heavy (non-hydrogen) atoms. The van der Waals surface area contributed by atoms with Crippen molar-refractivity contribution in [3.05, 3.63) is 41.5 Å². The minimum atomic E-state index is -0.0315. The van der Waals surface area contributed by atoms with E-state index in [1.165, 1.54) is 0 Å². The lowest BCUT2D eigenvalue weighted by atomic mass is 10.1. The highest BCUT2D eigenvalue weighted by atomic mass is 16.3. The van der Waals surface area contributed by atoms with Crippen LogP contribution in [-0.2, 0) is 4.79 Å². The molecule has 0 heterocycles. The molecule has 1 aromatic carbocycles. The predicted octanol–water partition coefficient (Wildman–Crippen LogP) is 3.02. The summed E-state index contributed by atoms with van der Waals surface area (Å²) in [5.74, 6) is -0.0315. The third-order valence-corrected chi connectivity index (χ3v) is 3.60. The third-order valence-electron chi connectivity index (χ3n) is 3.60. The van der Waals surface area contributed by atoms with Gasteiger partial charge in [0.25, 0.3) is 0 Å². The quantitative estimate of drug-likeness (QED) is 0.777. The van der Waals surface area contributed by atoms with E-state index in [0.717, 1.165) is 24.0 Å². The molecule has 0 aromatic heterocycles. The number of rotatable bonds is 7. The third kappa shape index (κ3) is 4.49. The Balaban J connectivity index is 2.83. The Labute approximate surface area is 121 Å². The molecule has 1 rings (SSSR count). The summed E-state index contributed by atoms with van der Waals surface area (Å²) in [5.41, 5.74) is 2.20. The Morgan fingerprint density at radius 1 is 1.30 bits per heavy atom. The SMILES string of the molecule is CCC(CC)N(CCO)C(=O)C=Cc1ccccc1C. The van der Waals surface area contributed by atoms with Crippen LogP contribution in [0.1, 0.15) is 37.8 Å². The summed E-state index contributed by atoms with van der Waals surface area (Å²) in [7, 11) is 0. The lowest BCUT2D eigenvalue weighted by Gasteiger charge is -2.29. The zero-order valence-corrected chi connectivity index (χ0v) is 12.7. The number of hydrogen-bond donors (Lipinski definition) is 1. The van der Waals surface area contributed by atoms with Gasteiger partial charge in [0.1, 0.15) is 0 Å². The first-order valence-electron chi connectivity index (χ1n) is 7.29. The molecule has 1 aromatic rings. The zero-order valence-electron chi connectivity index (χ0n) is 12.7. The number of carbonyl (C=O) groups is 1. The van der Waals surface area contributed by atoms with Crippen LogP contribution in [-0.4, -0.2) is 35.1 Å². The van der Waals surface area contributed by atoms with Crippen molar-refractivity contribution in [3.8, 4) is 0 Å². The van der Waals surface area contributed by atoms with Gasteiger partial charge in [-0.05, 0) is 37.0 Å². The Morgan fingerprint density at radius 3 is 2.50 bits per heavy atom. The Kier molecular flexibility index (Phi) is 7.02. The number of nitrogens with zero attached hydrogens (tertiary/aromatic N) is 1. The molecule has 0 aliphatic rings. The van der Waals surface area contributed by atoms with E-state index in [-0.39, 0.29) is 18.6 Å². The van der Waals surface area contributed by atoms with Crippen LogP contribution in [0.3, 0.4) is 0 Å². The molecule has 110 valence electrons. The van der Waals surface area contributed by atoms with E-state index in [4.69, 9.17) is 5.11 Å². The summed E-state index contributed by atoms with van der Waals surface area (Å²) in [4.78, 5) is 14.1. The maximum absolute atomic E-state index is 12.3. The molecular formula is C17H25NO2. The van der Waals surface area contributed by atoms with Crippen LogP contribution >= 0.6 is 0 Å². The zero-order chi connectivity index (χ0) is 15.0. The van der Waals surface area contributed by atoms with Crippen molar-refractivity contribution in [1.82, 2.24) is 4.90 Å². The second-order valence-corrected chi connectivity index (χ2v) is 4.92. The maximum Gasteiger partial charge on any atom is 0.246 e. The first-order chi connectivity index (χ1) is 9.63. The fourth-order valence-electron chi connectivity index (χ4n) is 2.34. The van der Waals surface area contributed by atoms with Crippen molar-refractivity contribution < 1.29 is 9.90 Å². The molecular weight excluding hydrogens is 250 g/mol. The summed E-state index contributed by atoms with van der Waals surface area (Å²) in [6, 6.07) is 8.15. The molecule has 0 aliphatic carbocycles. The average molecular weight is 275 g/mol. The van der Waals surface area contributed by atoms with Crippen molar-refractivity contribution in [2.75, 3.05) is 13.2 Å². The first-order valence-corrected chi connectivity index (χ1v) is 7.29. The molecule has 0 saturated carbocycles. The summed E-state index contributed by atoms with van der Waals surface area (Å²) in [6.07, 6.45) is 5.27. The molecule has 0 atom stereocenters. The highest BCUT2D eigenvalue weighted by Gasteiger charge is 2.18. The van der Waals surface area contributed by atoms with E-state index in [2.05, 4.69) is 13.8 Å². The van der Waals surface area contributed by atoms with Gasteiger partial charge in [-0.1, -0.05) is 38.1 Å². The number of amides is 1. The van der Waals surface area contributed by atoms with Gasteiger partial charge in [0.2, 0.25) is 5.91 Å². The Hall–Kier alpha value is -1.61. The maximum atomic E-state index is 12.3. The van der Waals surface area contributed by atoms with Gasteiger partial charge in [-0.3, -0.25) is 4.79 Å². The molecule has 1 N–H and O–H groups in total. The normalized spacial score (nSPS) is 11.2. The van der Waals surface area contributed by atoms with Crippen LogP contribution in [0, 0.1) is 6.92 Å². The second-order valence-electron chi connectivity index (χ2n) is 4.92. The van der Waals surface area contributed by atoms with Crippen molar-refractivity contribution in [3.63, 3.8) is 0 Å². The number of aliphatic hydroxyl groups excluding tert-OH is 1. The van der Waals surface area contributed by atoms with E-state index in [1.54, 1.807) is 11.0 Å². The van der Waals surface area contributed by atoms with Gasteiger partial charge in [0.15, 0.2) is 0 Å². The van der Waals surface area contributed by atoms with Crippen LogP contribution in [0.15, 0.2) is 30.3 Å². The Bertz CT molecular complexity index is 450. The average Bonchev–Trinajstić information content (AvgIpc) is 2.46. The van der Waals surface area contributed by atoms with Crippen LogP contribution in [0.5, 0.6) is 0 Å². The van der Waals surface area contributed by atoms with Gasteiger partial charge in [0.05, 0.1) is 6.61 Å². The molecule has 0 spiro atoms. The summed E-state index contributed by atoms with van der Waals surface area (Å²) in [5, 5.41) is 9.14. The summed E-state index contributed by atoms with van der Waals surface area (Å²) >= 11 is 0. The van der Waals surface area contributed by atoms with E-state index in [9.17, 15) is 4.79 Å². The molecule has 0 saturated heterocycles. The fourth-order valence-corrected chi connectivity index (χ4v) is 2.34. The van der Waals surface area contributed by atoms with Crippen LogP contribution in [0.4, 0.5) is 0 Å². The van der Waals surface area contributed by atoms with Crippen LogP contribution < -0.4 is 0 Å². The van der Waals surface area contributed by atoms with E-state index in [0.29, 0.717) is 6.54 Å². The molecule has 0 fully saturated rings. The molecule has 0 radical (unpaired) electrons. The van der Waals surface area contributed by atoms with Crippen molar-refractivity contribution in [2.45, 2.75) is 39.7 Å². The summed E-state index contributed by atoms with van der Waals surface area (Å²) in [6.45, 7) is 6.55. The van der Waals surface area contributed by atoms with Crippen LogP contribution in [0.2, 0.25) is 0 Å².